The van der Waals surface area contributed by atoms with Gasteiger partial charge in [-0.2, -0.15) is 4.99 Å². The summed E-state index contributed by atoms with van der Waals surface area (Å²) in [6.45, 7) is 3.61. The van der Waals surface area contributed by atoms with Gasteiger partial charge in [0.1, 0.15) is 11.8 Å². The number of amidine groups is 1. The van der Waals surface area contributed by atoms with Crippen molar-refractivity contribution >= 4 is 17.6 Å². The van der Waals surface area contributed by atoms with Crippen LogP contribution >= 0.6 is 0 Å². The molecule has 5 heteroatoms. The van der Waals surface area contributed by atoms with Crippen molar-refractivity contribution < 1.29 is 9.59 Å². The minimum absolute atomic E-state index is 0.230. The van der Waals surface area contributed by atoms with Gasteiger partial charge >= 0.3 is 0 Å². The third kappa shape index (κ3) is 2.31. The SMILES string of the molecule is Cc1ccc(C2C(=O)N=C(C(C)N)NC2=O)cc1. The largest absolute Gasteiger partial charge is 0.322 e. The molecule has 0 aliphatic carbocycles. The number of aliphatic imine (C=N–C) groups is 1. The number of carbonyl (C=O) groups is 2. The molecular weight excluding hydrogens is 230 g/mol. The van der Waals surface area contributed by atoms with E-state index >= 15 is 0 Å². The highest BCUT2D eigenvalue weighted by Crippen LogP contribution is 2.21. The first kappa shape index (κ1) is 12.4. The molecule has 2 unspecified atom stereocenters. The van der Waals surface area contributed by atoms with Gasteiger partial charge in [0.15, 0.2) is 0 Å². The maximum absolute atomic E-state index is 11.9. The highest BCUT2D eigenvalue weighted by Gasteiger charge is 2.33. The molecule has 1 heterocycles. The number of rotatable bonds is 2. The van der Waals surface area contributed by atoms with Crippen molar-refractivity contribution in [2.75, 3.05) is 0 Å². The third-order valence-electron chi connectivity index (χ3n) is 2.83. The van der Waals surface area contributed by atoms with E-state index in [2.05, 4.69) is 10.3 Å². The summed E-state index contributed by atoms with van der Waals surface area (Å²) in [5.74, 6) is -1.47. The van der Waals surface area contributed by atoms with Gasteiger partial charge in [-0.3, -0.25) is 9.59 Å². The van der Waals surface area contributed by atoms with Crippen LogP contribution in [-0.2, 0) is 9.59 Å². The van der Waals surface area contributed by atoms with Crippen LogP contribution in [0.1, 0.15) is 24.0 Å². The van der Waals surface area contributed by atoms with Crippen LogP contribution in [0, 0.1) is 6.92 Å². The van der Waals surface area contributed by atoms with Crippen LogP contribution in [0.25, 0.3) is 0 Å². The fourth-order valence-electron chi connectivity index (χ4n) is 1.79. The summed E-state index contributed by atoms with van der Waals surface area (Å²) in [5, 5.41) is 2.57. The first-order valence-electron chi connectivity index (χ1n) is 5.74. The van der Waals surface area contributed by atoms with E-state index in [9.17, 15) is 9.59 Å². The summed E-state index contributed by atoms with van der Waals surface area (Å²) in [7, 11) is 0. The molecular formula is C13H15N3O2. The predicted molar refractivity (Wildman–Crippen MR) is 68.2 cm³/mol. The van der Waals surface area contributed by atoms with Crippen molar-refractivity contribution in [3.05, 3.63) is 35.4 Å². The molecule has 0 saturated heterocycles. The maximum Gasteiger partial charge on any atom is 0.264 e. The van der Waals surface area contributed by atoms with Gasteiger partial charge in [-0.05, 0) is 19.4 Å². The summed E-state index contributed by atoms with van der Waals surface area (Å²) in [6, 6.07) is 6.80. The second-order valence-corrected chi connectivity index (χ2v) is 4.46. The topological polar surface area (TPSA) is 84.6 Å². The quantitative estimate of drug-likeness (QED) is 0.743. The van der Waals surface area contributed by atoms with E-state index < -0.39 is 17.9 Å². The lowest BCUT2D eigenvalue weighted by Crippen LogP contribution is -2.49. The van der Waals surface area contributed by atoms with E-state index in [1.807, 2.05) is 19.1 Å². The second kappa shape index (κ2) is 4.70. The Bertz CT molecular complexity index is 518. The Morgan fingerprint density at radius 1 is 1.28 bits per heavy atom. The molecule has 1 aromatic rings. The molecule has 2 atom stereocenters. The lowest BCUT2D eigenvalue weighted by molar-refractivity contribution is -0.129. The molecule has 0 bridgehead atoms. The molecule has 18 heavy (non-hydrogen) atoms. The van der Waals surface area contributed by atoms with Gasteiger partial charge in [0, 0.05) is 0 Å². The van der Waals surface area contributed by atoms with Gasteiger partial charge in [0.05, 0.1) is 6.04 Å². The lowest BCUT2D eigenvalue weighted by atomic mass is 9.95. The van der Waals surface area contributed by atoms with Crippen LogP contribution in [0.5, 0.6) is 0 Å². The standard InChI is InChI=1S/C13H15N3O2/c1-7-3-5-9(6-4-7)10-12(17)15-11(8(2)14)16-13(10)18/h3-6,8,10H,14H2,1-2H3,(H,15,16,17,18). The van der Waals surface area contributed by atoms with E-state index in [0.29, 0.717) is 5.56 Å². The Morgan fingerprint density at radius 2 is 1.89 bits per heavy atom. The number of hydrogen-bond acceptors (Lipinski definition) is 3. The summed E-state index contributed by atoms with van der Waals surface area (Å²) < 4.78 is 0. The van der Waals surface area contributed by atoms with Gasteiger partial charge in [-0.1, -0.05) is 29.8 Å². The van der Waals surface area contributed by atoms with Gasteiger partial charge in [-0.25, -0.2) is 0 Å². The third-order valence-corrected chi connectivity index (χ3v) is 2.83. The molecule has 94 valence electrons. The van der Waals surface area contributed by atoms with Crippen LogP contribution in [0.3, 0.4) is 0 Å². The number of aryl methyl sites for hydroxylation is 1. The number of amides is 2. The summed E-state index contributed by atoms with van der Waals surface area (Å²) in [4.78, 5) is 27.7. The molecule has 0 radical (unpaired) electrons. The van der Waals surface area contributed by atoms with Gasteiger partial charge in [-0.15, -0.1) is 0 Å². The van der Waals surface area contributed by atoms with Crippen LogP contribution < -0.4 is 11.1 Å². The van der Waals surface area contributed by atoms with E-state index in [1.54, 1.807) is 19.1 Å². The molecule has 1 aromatic carbocycles. The van der Waals surface area contributed by atoms with Crippen LogP contribution in [-0.4, -0.2) is 23.7 Å². The Labute approximate surface area is 105 Å². The predicted octanol–water partition coefficient (Wildman–Crippen LogP) is 0.481. The fourth-order valence-corrected chi connectivity index (χ4v) is 1.79. The number of hydrogen-bond donors (Lipinski definition) is 2. The van der Waals surface area contributed by atoms with E-state index in [1.165, 1.54) is 0 Å². The molecule has 1 aliphatic heterocycles. The molecule has 5 nitrogen and oxygen atoms in total. The first-order chi connectivity index (χ1) is 8.49. The highest BCUT2D eigenvalue weighted by molar-refractivity contribution is 6.20. The minimum atomic E-state index is -0.868. The smallest absolute Gasteiger partial charge is 0.264 e. The average Bonchev–Trinajstić information content (AvgIpc) is 2.30. The fraction of sp³-hybridized carbons (Fsp3) is 0.308. The molecule has 0 fully saturated rings. The van der Waals surface area contributed by atoms with Crippen molar-refractivity contribution in [3.8, 4) is 0 Å². The summed E-state index contributed by atoms with van der Waals surface area (Å²) in [5.41, 5.74) is 7.32. The number of benzene rings is 1. The van der Waals surface area contributed by atoms with Crippen LogP contribution in [0.2, 0.25) is 0 Å². The Kier molecular flexibility index (Phi) is 3.25. The van der Waals surface area contributed by atoms with Crippen molar-refractivity contribution in [1.29, 1.82) is 0 Å². The van der Waals surface area contributed by atoms with Crippen molar-refractivity contribution in [3.63, 3.8) is 0 Å². The minimum Gasteiger partial charge on any atom is -0.322 e. The molecule has 2 rings (SSSR count). The molecule has 0 saturated carbocycles. The number of nitrogens with two attached hydrogens (primary N) is 1. The first-order valence-corrected chi connectivity index (χ1v) is 5.74. The molecule has 1 aliphatic rings. The maximum atomic E-state index is 11.9. The Balaban J connectivity index is 2.33. The van der Waals surface area contributed by atoms with E-state index in [0.717, 1.165) is 5.56 Å². The van der Waals surface area contributed by atoms with Gasteiger partial charge in [0.2, 0.25) is 5.91 Å². The number of nitrogens with zero attached hydrogens (tertiary/aromatic N) is 1. The van der Waals surface area contributed by atoms with E-state index in [4.69, 9.17) is 5.73 Å². The zero-order chi connectivity index (χ0) is 13.3. The summed E-state index contributed by atoms with van der Waals surface area (Å²) >= 11 is 0. The number of carbonyl (C=O) groups excluding carboxylic acids is 2. The molecule has 2 amide bonds. The van der Waals surface area contributed by atoms with Crippen LogP contribution in [0.4, 0.5) is 0 Å². The number of nitrogens with one attached hydrogen (secondary N) is 1. The summed E-state index contributed by atoms with van der Waals surface area (Å²) in [6.07, 6.45) is 0. The monoisotopic (exact) mass is 245 g/mol. The molecule has 0 aromatic heterocycles. The van der Waals surface area contributed by atoms with Crippen molar-refractivity contribution in [2.45, 2.75) is 25.8 Å². The molecule has 0 spiro atoms. The average molecular weight is 245 g/mol. The normalized spacial score (nSPS) is 21.3. The lowest BCUT2D eigenvalue weighted by Gasteiger charge is -2.22. The van der Waals surface area contributed by atoms with Crippen LogP contribution in [0.15, 0.2) is 29.3 Å². The van der Waals surface area contributed by atoms with E-state index in [-0.39, 0.29) is 11.7 Å². The Hall–Kier alpha value is -2.01. The molecule has 3 N–H and O–H groups in total. The second-order valence-electron chi connectivity index (χ2n) is 4.46. The van der Waals surface area contributed by atoms with Gasteiger partial charge in [0.25, 0.3) is 5.91 Å². The van der Waals surface area contributed by atoms with Crippen molar-refractivity contribution in [1.82, 2.24) is 5.32 Å². The van der Waals surface area contributed by atoms with Gasteiger partial charge < -0.3 is 11.1 Å². The zero-order valence-corrected chi connectivity index (χ0v) is 10.3. The highest BCUT2D eigenvalue weighted by atomic mass is 16.2. The Morgan fingerprint density at radius 3 is 2.39 bits per heavy atom. The van der Waals surface area contributed by atoms with Crippen molar-refractivity contribution in [2.24, 2.45) is 10.7 Å². The zero-order valence-electron chi connectivity index (χ0n) is 10.3.